The zero-order chi connectivity index (χ0) is 12.4. The molecule has 0 saturated heterocycles. The van der Waals surface area contributed by atoms with Gasteiger partial charge in [0.05, 0.1) is 6.10 Å². The summed E-state index contributed by atoms with van der Waals surface area (Å²) in [6.07, 6.45) is 5.08. The first-order valence-corrected chi connectivity index (χ1v) is 6.35. The maximum atomic E-state index is 11.9. The fraction of sp³-hybridized carbons (Fsp3) is 0.692. The van der Waals surface area contributed by atoms with Gasteiger partial charge in [-0.05, 0) is 38.2 Å². The van der Waals surface area contributed by atoms with Crippen molar-refractivity contribution in [1.29, 1.82) is 0 Å². The minimum absolute atomic E-state index is 0.101. The van der Waals surface area contributed by atoms with E-state index >= 15 is 0 Å². The summed E-state index contributed by atoms with van der Waals surface area (Å²) in [7, 11) is 0. The van der Waals surface area contributed by atoms with Gasteiger partial charge in [-0.25, -0.2) is 4.79 Å². The van der Waals surface area contributed by atoms with Crippen LogP contribution in [0.1, 0.15) is 44.3 Å². The fourth-order valence-electron chi connectivity index (χ4n) is 2.76. The predicted molar refractivity (Wildman–Crippen MR) is 65.9 cm³/mol. The van der Waals surface area contributed by atoms with Gasteiger partial charge < -0.3 is 5.11 Å². The molecule has 3 atom stereocenters. The van der Waals surface area contributed by atoms with Crippen LogP contribution in [0.15, 0.2) is 17.1 Å². The van der Waals surface area contributed by atoms with Crippen LogP contribution in [0.2, 0.25) is 0 Å². The van der Waals surface area contributed by atoms with Gasteiger partial charge in [0.15, 0.2) is 0 Å². The van der Waals surface area contributed by atoms with Gasteiger partial charge in [0.25, 0.3) is 0 Å². The Morgan fingerprint density at radius 3 is 2.94 bits per heavy atom. The van der Waals surface area contributed by atoms with Gasteiger partial charge in [0.1, 0.15) is 0 Å². The minimum atomic E-state index is -0.281. The molecule has 4 nitrogen and oxygen atoms in total. The number of rotatable bonds is 2. The average molecular weight is 236 g/mol. The van der Waals surface area contributed by atoms with E-state index in [0.29, 0.717) is 12.3 Å². The highest BCUT2D eigenvalue weighted by Gasteiger charge is 2.30. The third-order valence-electron chi connectivity index (χ3n) is 3.78. The van der Waals surface area contributed by atoms with Crippen LogP contribution in [0.25, 0.3) is 0 Å². The van der Waals surface area contributed by atoms with Crippen molar-refractivity contribution in [2.75, 3.05) is 0 Å². The molecule has 0 radical (unpaired) electrons. The lowest BCUT2D eigenvalue weighted by Gasteiger charge is -2.34. The van der Waals surface area contributed by atoms with Gasteiger partial charge in [0, 0.05) is 17.9 Å². The number of nitrogens with zero attached hydrogens (tertiary/aromatic N) is 2. The van der Waals surface area contributed by atoms with Crippen LogP contribution in [0.3, 0.4) is 0 Å². The second-order valence-corrected chi connectivity index (χ2v) is 4.96. The van der Waals surface area contributed by atoms with Gasteiger partial charge in [-0.3, -0.25) is 4.57 Å². The van der Waals surface area contributed by atoms with E-state index in [1.807, 2.05) is 19.2 Å². The molecule has 1 aromatic rings. The molecule has 1 aliphatic rings. The molecule has 17 heavy (non-hydrogen) atoms. The van der Waals surface area contributed by atoms with Crippen LogP contribution in [0.5, 0.6) is 0 Å². The first-order valence-electron chi connectivity index (χ1n) is 6.35. The first kappa shape index (κ1) is 12.3. The molecule has 0 aliphatic heterocycles. The largest absolute Gasteiger partial charge is 0.393 e. The Balaban J connectivity index is 2.32. The van der Waals surface area contributed by atoms with Crippen molar-refractivity contribution in [2.45, 2.75) is 51.7 Å². The standard InChI is InChI=1S/C13H20N2O2/c1-3-10-4-5-11(16)8-12(10)15-7-6-9(2)14-13(15)17/h6-7,10-12,16H,3-5,8H2,1-2H3. The molecule has 0 amide bonds. The predicted octanol–water partition coefficient (Wildman–Crippen LogP) is 1.66. The number of aliphatic hydroxyl groups excluding tert-OH is 1. The number of hydrogen-bond acceptors (Lipinski definition) is 3. The van der Waals surface area contributed by atoms with Crippen LogP contribution in [0, 0.1) is 12.8 Å². The molecule has 1 saturated carbocycles. The highest BCUT2D eigenvalue weighted by molar-refractivity contribution is 4.98. The van der Waals surface area contributed by atoms with Gasteiger partial charge in [-0.2, -0.15) is 4.98 Å². The number of aromatic nitrogens is 2. The van der Waals surface area contributed by atoms with E-state index in [4.69, 9.17) is 0 Å². The van der Waals surface area contributed by atoms with E-state index in [1.165, 1.54) is 0 Å². The molecule has 1 heterocycles. The summed E-state index contributed by atoms with van der Waals surface area (Å²) in [4.78, 5) is 15.8. The van der Waals surface area contributed by atoms with Gasteiger partial charge >= 0.3 is 5.69 Å². The average Bonchev–Trinajstić information content (AvgIpc) is 2.29. The minimum Gasteiger partial charge on any atom is -0.393 e. The zero-order valence-electron chi connectivity index (χ0n) is 10.5. The van der Waals surface area contributed by atoms with Crippen molar-refractivity contribution in [3.8, 4) is 0 Å². The number of aryl methyl sites for hydroxylation is 1. The lowest BCUT2D eigenvalue weighted by atomic mass is 9.81. The normalized spacial score (nSPS) is 29.2. The Bertz CT molecular complexity index is 441. The zero-order valence-corrected chi connectivity index (χ0v) is 10.5. The Morgan fingerprint density at radius 1 is 1.53 bits per heavy atom. The molecule has 1 fully saturated rings. The second-order valence-electron chi connectivity index (χ2n) is 4.96. The Hall–Kier alpha value is -1.16. The summed E-state index contributed by atoms with van der Waals surface area (Å²) >= 11 is 0. The molecule has 3 unspecified atom stereocenters. The van der Waals surface area contributed by atoms with E-state index in [2.05, 4.69) is 11.9 Å². The summed E-state index contributed by atoms with van der Waals surface area (Å²) in [5.41, 5.74) is 0.554. The fourth-order valence-corrected chi connectivity index (χ4v) is 2.76. The van der Waals surface area contributed by atoms with Crippen LogP contribution < -0.4 is 5.69 Å². The summed E-state index contributed by atoms with van der Waals surface area (Å²) in [6, 6.07) is 1.96. The van der Waals surface area contributed by atoms with Crippen molar-refractivity contribution >= 4 is 0 Å². The highest BCUT2D eigenvalue weighted by Crippen LogP contribution is 2.35. The van der Waals surface area contributed by atoms with Crippen LogP contribution >= 0.6 is 0 Å². The first-order chi connectivity index (χ1) is 8.11. The van der Waals surface area contributed by atoms with Crippen LogP contribution in [0.4, 0.5) is 0 Å². The molecule has 1 aliphatic carbocycles. The topological polar surface area (TPSA) is 55.1 Å². The van der Waals surface area contributed by atoms with Crippen molar-refractivity contribution in [1.82, 2.24) is 9.55 Å². The summed E-state index contributed by atoms with van der Waals surface area (Å²) in [5, 5.41) is 9.76. The molecule has 1 N–H and O–H groups in total. The number of hydrogen-bond donors (Lipinski definition) is 1. The quantitative estimate of drug-likeness (QED) is 0.849. The van der Waals surface area contributed by atoms with Crippen LogP contribution in [-0.2, 0) is 0 Å². The Labute approximate surface area is 101 Å². The SMILES string of the molecule is CCC1CCC(O)CC1n1ccc(C)nc1=O. The second kappa shape index (κ2) is 5.00. The van der Waals surface area contributed by atoms with Crippen molar-refractivity contribution in [3.63, 3.8) is 0 Å². The maximum Gasteiger partial charge on any atom is 0.348 e. The molecule has 0 aromatic carbocycles. The van der Waals surface area contributed by atoms with Crippen molar-refractivity contribution in [3.05, 3.63) is 28.4 Å². The molecule has 94 valence electrons. The van der Waals surface area contributed by atoms with Crippen LogP contribution in [-0.4, -0.2) is 20.8 Å². The summed E-state index contributed by atoms with van der Waals surface area (Å²) in [5.74, 6) is 0.473. The van der Waals surface area contributed by atoms with E-state index < -0.39 is 0 Å². The molecule has 0 spiro atoms. The van der Waals surface area contributed by atoms with Gasteiger partial charge in [0.2, 0.25) is 0 Å². The van der Waals surface area contributed by atoms with Gasteiger partial charge in [-0.15, -0.1) is 0 Å². The van der Waals surface area contributed by atoms with E-state index in [9.17, 15) is 9.90 Å². The molecule has 0 bridgehead atoms. The van der Waals surface area contributed by atoms with E-state index in [1.54, 1.807) is 4.57 Å². The lowest BCUT2D eigenvalue weighted by Crippen LogP contribution is -2.36. The lowest BCUT2D eigenvalue weighted by molar-refractivity contribution is 0.0695. The third kappa shape index (κ3) is 2.57. The van der Waals surface area contributed by atoms with E-state index in [0.717, 1.165) is 25.0 Å². The third-order valence-corrected chi connectivity index (χ3v) is 3.78. The molecular weight excluding hydrogens is 216 g/mol. The Kier molecular flexibility index (Phi) is 3.62. The monoisotopic (exact) mass is 236 g/mol. The molecule has 2 rings (SSSR count). The highest BCUT2D eigenvalue weighted by atomic mass is 16.3. The van der Waals surface area contributed by atoms with Crippen molar-refractivity contribution < 1.29 is 5.11 Å². The summed E-state index contributed by atoms with van der Waals surface area (Å²) in [6.45, 7) is 3.96. The number of aliphatic hydroxyl groups is 1. The maximum absolute atomic E-state index is 11.9. The van der Waals surface area contributed by atoms with Crippen molar-refractivity contribution in [2.24, 2.45) is 5.92 Å². The molecular formula is C13H20N2O2. The molecule has 1 aromatic heterocycles. The molecule has 4 heteroatoms. The van der Waals surface area contributed by atoms with E-state index in [-0.39, 0.29) is 17.8 Å². The van der Waals surface area contributed by atoms with Gasteiger partial charge in [-0.1, -0.05) is 13.3 Å². The smallest absolute Gasteiger partial charge is 0.348 e. The summed E-state index contributed by atoms with van der Waals surface area (Å²) < 4.78 is 1.70. The Morgan fingerprint density at radius 2 is 2.29 bits per heavy atom.